The number of hydrogen-bond acceptors (Lipinski definition) is 3. The smallest absolute Gasteiger partial charge is 0.229 e. The van der Waals surface area contributed by atoms with E-state index in [1.165, 1.54) is 5.56 Å². The van der Waals surface area contributed by atoms with Gasteiger partial charge < -0.3 is 10.2 Å². The highest BCUT2D eigenvalue weighted by atomic mass is 32.2. The summed E-state index contributed by atoms with van der Waals surface area (Å²) in [7, 11) is -0.993. The summed E-state index contributed by atoms with van der Waals surface area (Å²) in [5, 5.41) is 2.92. The molecule has 0 spiro atoms. The summed E-state index contributed by atoms with van der Waals surface area (Å²) in [5.74, 6) is -0.148. The summed E-state index contributed by atoms with van der Waals surface area (Å²) in [4.78, 5) is 26.7. The fraction of sp³-hybridized carbons (Fsp3) is 0.333. The molecule has 1 saturated heterocycles. The second-order valence-electron chi connectivity index (χ2n) is 7.02. The highest BCUT2D eigenvalue weighted by molar-refractivity contribution is 7.83. The summed E-state index contributed by atoms with van der Waals surface area (Å²) in [6.07, 6.45) is 1.86. The molecule has 0 unspecified atom stereocenters. The SMILES string of the molecule is Cc1ccc(CN2C[C@H](C(=O)Nc3ccccc3C[S@@](C)=O)CC2=O)cc1. The Morgan fingerprint density at radius 1 is 1.19 bits per heavy atom. The Morgan fingerprint density at radius 3 is 2.59 bits per heavy atom. The van der Waals surface area contributed by atoms with Gasteiger partial charge in [0.25, 0.3) is 0 Å². The molecule has 2 aromatic carbocycles. The molecule has 2 aromatic rings. The van der Waals surface area contributed by atoms with E-state index in [4.69, 9.17) is 0 Å². The molecule has 1 fully saturated rings. The molecule has 142 valence electrons. The number of para-hydroxylation sites is 1. The fourth-order valence-electron chi connectivity index (χ4n) is 3.24. The van der Waals surface area contributed by atoms with Gasteiger partial charge in [0.1, 0.15) is 0 Å². The van der Waals surface area contributed by atoms with Crippen LogP contribution >= 0.6 is 0 Å². The largest absolute Gasteiger partial charge is 0.338 e. The molecular formula is C21H24N2O3S. The summed E-state index contributed by atoms with van der Waals surface area (Å²) >= 11 is 0. The molecule has 2 atom stereocenters. The van der Waals surface area contributed by atoms with Crippen molar-refractivity contribution < 1.29 is 13.8 Å². The maximum Gasteiger partial charge on any atom is 0.229 e. The number of hydrogen-bond donors (Lipinski definition) is 1. The van der Waals surface area contributed by atoms with Gasteiger partial charge in [-0.15, -0.1) is 0 Å². The average molecular weight is 385 g/mol. The van der Waals surface area contributed by atoms with Gasteiger partial charge in [0.05, 0.1) is 11.7 Å². The molecule has 1 aliphatic rings. The molecule has 3 rings (SSSR count). The monoisotopic (exact) mass is 384 g/mol. The lowest BCUT2D eigenvalue weighted by atomic mass is 10.1. The van der Waals surface area contributed by atoms with Crippen LogP contribution in [0.3, 0.4) is 0 Å². The Kier molecular flexibility index (Phi) is 6.06. The lowest BCUT2D eigenvalue weighted by Crippen LogP contribution is -2.28. The maximum atomic E-state index is 12.7. The maximum absolute atomic E-state index is 12.7. The number of likely N-dealkylation sites (tertiary alicyclic amines) is 1. The normalized spacial score (nSPS) is 17.8. The Morgan fingerprint density at radius 2 is 1.89 bits per heavy atom. The zero-order chi connectivity index (χ0) is 19.4. The van der Waals surface area contributed by atoms with Crippen LogP contribution in [0.25, 0.3) is 0 Å². The summed E-state index contributed by atoms with van der Waals surface area (Å²) in [5.41, 5.74) is 3.75. The Balaban J connectivity index is 1.64. The predicted molar refractivity (Wildman–Crippen MR) is 108 cm³/mol. The number of aryl methyl sites for hydroxylation is 1. The van der Waals surface area contributed by atoms with Crippen molar-refractivity contribution in [2.45, 2.75) is 25.6 Å². The summed E-state index contributed by atoms with van der Waals surface area (Å²) < 4.78 is 11.5. The fourth-order valence-corrected chi connectivity index (χ4v) is 3.93. The average Bonchev–Trinajstić information content (AvgIpc) is 2.99. The zero-order valence-corrected chi connectivity index (χ0v) is 16.4. The van der Waals surface area contributed by atoms with Crippen LogP contribution < -0.4 is 5.32 Å². The molecular weight excluding hydrogens is 360 g/mol. The van der Waals surface area contributed by atoms with Gasteiger partial charge in [0, 0.05) is 42.3 Å². The van der Waals surface area contributed by atoms with Crippen LogP contribution in [-0.4, -0.2) is 33.7 Å². The number of anilines is 1. The third-order valence-electron chi connectivity index (χ3n) is 4.71. The minimum atomic E-state index is -0.993. The van der Waals surface area contributed by atoms with E-state index < -0.39 is 10.8 Å². The van der Waals surface area contributed by atoms with E-state index in [2.05, 4.69) is 5.32 Å². The molecule has 0 radical (unpaired) electrons. The molecule has 27 heavy (non-hydrogen) atoms. The van der Waals surface area contributed by atoms with E-state index in [9.17, 15) is 13.8 Å². The van der Waals surface area contributed by atoms with E-state index in [1.807, 2.05) is 49.4 Å². The van der Waals surface area contributed by atoms with Gasteiger partial charge in [0.2, 0.25) is 11.8 Å². The van der Waals surface area contributed by atoms with E-state index in [1.54, 1.807) is 17.2 Å². The van der Waals surface area contributed by atoms with Crippen molar-refractivity contribution >= 4 is 28.3 Å². The van der Waals surface area contributed by atoms with E-state index in [0.29, 0.717) is 24.5 Å². The topological polar surface area (TPSA) is 66.5 Å². The summed E-state index contributed by atoms with van der Waals surface area (Å²) in [6, 6.07) is 15.4. The van der Waals surface area contributed by atoms with Gasteiger partial charge in [-0.2, -0.15) is 0 Å². The predicted octanol–water partition coefficient (Wildman–Crippen LogP) is 2.86. The van der Waals surface area contributed by atoms with E-state index in [0.717, 1.165) is 11.1 Å². The number of amides is 2. The Bertz CT molecular complexity index is 864. The van der Waals surface area contributed by atoms with Gasteiger partial charge >= 0.3 is 0 Å². The van der Waals surface area contributed by atoms with Crippen LogP contribution in [0.2, 0.25) is 0 Å². The number of nitrogens with one attached hydrogen (secondary N) is 1. The van der Waals surface area contributed by atoms with Gasteiger partial charge in [0.15, 0.2) is 0 Å². The molecule has 1 heterocycles. The van der Waals surface area contributed by atoms with Crippen molar-refractivity contribution in [2.75, 3.05) is 18.1 Å². The van der Waals surface area contributed by atoms with Crippen LogP contribution in [0, 0.1) is 12.8 Å². The third kappa shape index (κ3) is 5.04. The minimum absolute atomic E-state index is 0.00123. The number of carbonyl (C=O) groups excluding carboxylic acids is 2. The van der Waals surface area contributed by atoms with Crippen molar-refractivity contribution in [3.05, 3.63) is 65.2 Å². The van der Waals surface area contributed by atoms with Crippen molar-refractivity contribution in [2.24, 2.45) is 5.92 Å². The standard InChI is InChI=1S/C21H24N2O3S/c1-15-7-9-16(10-8-15)12-23-13-18(11-20(23)24)21(25)22-19-6-4-3-5-17(19)14-27(2)26/h3-10,18H,11-14H2,1-2H3,(H,22,25)/t18-,27-/m1/s1. The molecule has 1 aliphatic heterocycles. The van der Waals surface area contributed by atoms with Crippen LogP contribution in [0.1, 0.15) is 23.1 Å². The van der Waals surface area contributed by atoms with Gasteiger partial charge in [-0.3, -0.25) is 13.8 Å². The third-order valence-corrected chi connectivity index (χ3v) is 5.43. The van der Waals surface area contributed by atoms with Crippen molar-refractivity contribution in [1.82, 2.24) is 4.90 Å². The first-order chi connectivity index (χ1) is 12.9. The van der Waals surface area contributed by atoms with Crippen LogP contribution in [0.15, 0.2) is 48.5 Å². The summed E-state index contributed by atoms with van der Waals surface area (Å²) in [6.45, 7) is 2.96. The highest BCUT2D eigenvalue weighted by Gasteiger charge is 2.34. The first-order valence-corrected chi connectivity index (χ1v) is 10.7. The molecule has 2 amide bonds. The Hall–Kier alpha value is -2.47. The second-order valence-corrected chi connectivity index (χ2v) is 8.46. The first kappa shape index (κ1) is 19.3. The van der Waals surface area contributed by atoms with Crippen molar-refractivity contribution in [3.8, 4) is 0 Å². The van der Waals surface area contributed by atoms with Crippen molar-refractivity contribution in [1.29, 1.82) is 0 Å². The number of nitrogens with zero attached hydrogens (tertiary/aromatic N) is 1. The number of benzene rings is 2. The second kappa shape index (κ2) is 8.48. The highest BCUT2D eigenvalue weighted by Crippen LogP contribution is 2.23. The number of rotatable bonds is 6. The Labute approximate surface area is 162 Å². The van der Waals surface area contributed by atoms with Crippen LogP contribution in [0.5, 0.6) is 0 Å². The lowest BCUT2D eigenvalue weighted by molar-refractivity contribution is -0.128. The molecule has 0 bridgehead atoms. The molecule has 1 N–H and O–H groups in total. The van der Waals surface area contributed by atoms with Gasteiger partial charge in [-0.25, -0.2) is 0 Å². The van der Waals surface area contributed by atoms with E-state index in [-0.39, 0.29) is 24.2 Å². The quantitative estimate of drug-likeness (QED) is 0.833. The molecule has 0 saturated carbocycles. The van der Waals surface area contributed by atoms with Crippen LogP contribution in [-0.2, 0) is 32.7 Å². The van der Waals surface area contributed by atoms with Crippen LogP contribution in [0.4, 0.5) is 5.69 Å². The molecule has 0 aromatic heterocycles. The molecule has 6 heteroatoms. The molecule has 5 nitrogen and oxygen atoms in total. The zero-order valence-electron chi connectivity index (χ0n) is 15.6. The van der Waals surface area contributed by atoms with Gasteiger partial charge in [-0.1, -0.05) is 48.0 Å². The first-order valence-electron chi connectivity index (χ1n) is 8.94. The minimum Gasteiger partial charge on any atom is -0.338 e. The van der Waals surface area contributed by atoms with E-state index >= 15 is 0 Å². The lowest BCUT2D eigenvalue weighted by Gasteiger charge is -2.17. The van der Waals surface area contributed by atoms with Gasteiger partial charge in [-0.05, 0) is 24.1 Å². The molecule has 0 aliphatic carbocycles. The number of carbonyl (C=O) groups is 2. The van der Waals surface area contributed by atoms with Crippen molar-refractivity contribution in [3.63, 3.8) is 0 Å².